The Morgan fingerprint density at radius 1 is 1.54 bits per heavy atom. The number of nitrogens with zero attached hydrogens (tertiary/aromatic N) is 2. The summed E-state index contributed by atoms with van der Waals surface area (Å²) >= 11 is 0. The van der Waals surface area contributed by atoms with Gasteiger partial charge in [-0.15, -0.1) is 0 Å². The molecule has 0 radical (unpaired) electrons. The Hall–Kier alpha value is -0.830. The first-order chi connectivity index (χ1) is 6.24. The lowest BCUT2D eigenvalue weighted by atomic mass is 10.1. The summed E-state index contributed by atoms with van der Waals surface area (Å²) in [7, 11) is 1.72. The van der Waals surface area contributed by atoms with Gasteiger partial charge in [0.15, 0.2) is 0 Å². The molecule has 1 aromatic heterocycles. The van der Waals surface area contributed by atoms with Crippen molar-refractivity contribution < 1.29 is 4.74 Å². The number of rotatable bonds is 5. The lowest BCUT2D eigenvalue weighted by molar-refractivity contribution is 0.186. The van der Waals surface area contributed by atoms with Crippen LogP contribution in [0.25, 0.3) is 0 Å². The van der Waals surface area contributed by atoms with E-state index in [-0.39, 0.29) is 0 Å². The Balaban J connectivity index is 2.55. The number of ether oxygens (including phenoxy) is 1. The van der Waals surface area contributed by atoms with Gasteiger partial charge in [-0.05, 0) is 12.3 Å². The number of hydrogen-bond acceptors (Lipinski definition) is 2. The van der Waals surface area contributed by atoms with Crippen molar-refractivity contribution in [3.05, 3.63) is 18.2 Å². The van der Waals surface area contributed by atoms with E-state index in [1.165, 1.54) is 5.69 Å². The molecule has 0 aliphatic carbocycles. The summed E-state index contributed by atoms with van der Waals surface area (Å²) in [5, 5.41) is 0. The van der Waals surface area contributed by atoms with Gasteiger partial charge < -0.3 is 9.30 Å². The molecule has 0 bridgehead atoms. The van der Waals surface area contributed by atoms with Crippen molar-refractivity contribution in [2.24, 2.45) is 5.92 Å². The molecule has 0 aliphatic heterocycles. The minimum atomic E-state index is 0.679. The van der Waals surface area contributed by atoms with E-state index < -0.39 is 0 Å². The Bertz CT molecular complexity index is 243. The summed E-state index contributed by atoms with van der Waals surface area (Å²) in [6, 6.07) is 0. The quantitative estimate of drug-likeness (QED) is 0.693. The van der Waals surface area contributed by atoms with Crippen molar-refractivity contribution in [3.63, 3.8) is 0 Å². The molecule has 0 fully saturated rings. The van der Waals surface area contributed by atoms with Gasteiger partial charge in [-0.2, -0.15) is 0 Å². The number of methoxy groups -OCH3 is 1. The Morgan fingerprint density at radius 3 is 2.92 bits per heavy atom. The molecular weight excluding hydrogens is 164 g/mol. The second-order valence-corrected chi connectivity index (χ2v) is 3.67. The predicted octanol–water partition coefficient (Wildman–Crippen LogP) is 1.73. The molecular formula is C10H18N2O. The van der Waals surface area contributed by atoms with Crippen LogP contribution in [0.15, 0.2) is 12.5 Å². The molecule has 3 heteroatoms. The average molecular weight is 182 g/mol. The highest BCUT2D eigenvalue weighted by molar-refractivity contribution is 4.99. The van der Waals surface area contributed by atoms with Crippen molar-refractivity contribution in [1.82, 2.24) is 9.55 Å². The smallest absolute Gasteiger partial charge is 0.0948 e. The van der Waals surface area contributed by atoms with E-state index >= 15 is 0 Å². The Morgan fingerprint density at radius 2 is 2.31 bits per heavy atom. The van der Waals surface area contributed by atoms with Gasteiger partial charge >= 0.3 is 0 Å². The molecule has 0 saturated carbocycles. The van der Waals surface area contributed by atoms with E-state index in [0.717, 1.165) is 19.6 Å². The SMILES string of the molecule is COCCn1cncc1CC(C)C. The number of hydrogen-bond donors (Lipinski definition) is 0. The third-order valence-electron chi connectivity index (χ3n) is 1.95. The van der Waals surface area contributed by atoms with Crippen molar-refractivity contribution >= 4 is 0 Å². The van der Waals surface area contributed by atoms with Crippen LogP contribution < -0.4 is 0 Å². The normalized spacial score (nSPS) is 11.1. The summed E-state index contributed by atoms with van der Waals surface area (Å²) < 4.78 is 7.18. The molecule has 0 aromatic carbocycles. The lowest BCUT2D eigenvalue weighted by Crippen LogP contribution is -2.08. The molecule has 0 unspecified atom stereocenters. The standard InChI is InChI=1S/C10H18N2O/c1-9(2)6-10-7-11-8-12(10)4-5-13-3/h7-9H,4-6H2,1-3H3. The highest BCUT2D eigenvalue weighted by atomic mass is 16.5. The molecule has 0 aliphatic rings. The van der Waals surface area contributed by atoms with Crippen molar-refractivity contribution in [2.45, 2.75) is 26.8 Å². The first-order valence-electron chi connectivity index (χ1n) is 4.72. The first-order valence-corrected chi connectivity index (χ1v) is 4.72. The fourth-order valence-corrected chi connectivity index (χ4v) is 1.33. The summed E-state index contributed by atoms with van der Waals surface area (Å²) in [5.41, 5.74) is 1.30. The monoisotopic (exact) mass is 182 g/mol. The summed E-state index contributed by atoms with van der Waals surface area (Å²) in [5.74, 6) is 0.679. The molecule has 3 nitrogen and oxygen atoms in total. The topological polar surface area (TPSA) is 27.1 Å². The molecule has 0 amide bonds. The van der Waals surface area contributed by atoms with Gasteiger partial charge in [0.05, 0.1) is 12.9 Å². The van der Waals surface area contributed by atoms with Crippen LogP contribution in [-0.4, -0.2) is 23.3 Å². The third-order valence-corrected chi connectivity index (χ3v) is 1.95. The fraction of sp³-hybridized carbons (Fsp3) is 0.700. The maximum atomic E-state index is 5.03. The van der Waals surface area contributed by atoms with Crippen LogP contribution in [0.1, 0.15) is 19.5 Å². The van der Waals surface area contributed by atoms with E-state index in [2.05, 4.69) is 23.4 Å². The molecule has 0 spiro atoms. The van der Waals surface area contributed by atoms with Crippen LogP contribution in [-0.2, 0) is 17.7 Å². The van der Waals surface area contributed by atoms with Gasteiger partial charge in [0, 0.05) is 25.5 Å². The van der Waals surface area contributed by atoms with Gasteiger partial charge in [0.1, 0.15) is 0 Å². The summed E-state index contributed by atoms with van der Waals surface area (Å²) in [6.45, 7) is 6.08. The molecule has 0 N–H and O–H groups in total. The van der Waals surface area contributed by atoms with E-state index in [9.17, 15) is 0 Å². The van der Waals surface area contributed by atoms with Crippen LogP contribution in [0.4, 0.5) is 0 Å². The minimum Gasteiger partial charge on any atom is -0.383 e. The van der Waals surface area contributed by atoms with Crippen LogP contribution >= 0.6 is 0 Å². The molecule has 13 heavy (non-hydrogen) atoms. The average Bonchev–Trinajstić information content (AvgIpc) is 2.48. The van der Waals surface area contributed by atoms with Crippen LogP contribution in [0.2, 0.25) is 0 Å². The summed E-state index contributed by atoms with van der Waals surface area (Å²) in [4.78, 5) is 4.14. The fourth-order valence-electron chi connectivity index (χ4n) is 1.33. The molecule has 1 aromatic rings. The lowest BCUT2D eigenvalue weighted by Gasteiger charge is -2.08. The first kappa shape index (κ1) is 10.3. The zero-order valence-electron chi connectivity index (χ0n) is 8.66. The highest BCUT2D eigenvalue weighted by Crippen LogP contribution is 2.07. The van der Waals surface area contributed by atoms with Crippen molar-refractivity contribution in [2.75, 3.05) is 13.7 Å². The molecule has 1 heterocycles. The minimum absolute atomic E-state index is 0.679. The van der Waals surface area contributed by atoms with Gasteiger partial charge in [-0.1, -0.05) is 13.8 Å². The maximum absolute atomic E-state index is 5.03. The third kappa shape index (κ3) is 3.19. The van der Waals surface area contributed by atoms with Crippen molar-refractivity contribution in [1.29, 1.82) is 0 Å². The largest absolute Gasteiger partial charge is 0.383 e. The van der Waals surface area contributed by atoms with Gasteiger partial charge in [-0.25, -0.2) is 4.98 Å². The second-order valence-electron chi connectivity index (χ2n) is 3.67. The highest BCUT2D eigenvalue weighted by Gasteiger charge is 2.03. The zero-order chi connectivity index (χ0) is 9.68. The van der Waals surface area contributed by atoms with Gasteiger partial charge in [-0.3, -0.25) is 0 Å². The van der Waals surface area contributed by atoms with Crippen LogP contribution in [0, 0.1) is 5.92 Å². The number of imidazole rings is 1. The predicted molar refractivity (Wildman–Crippen MR) is 52.6 cm³/mol. The van der Waals surface area contributed by atoms with E-state index in [1.807, 2.05) is 12.5 Å². The molecule has 1 rings (SSSR count). The zero-order valence-corrected chi connectivity index (χ0v) is 8.66. The maximum Gasteiger partial charge on any atom is 0.0948 e. The van der Waals surface area contributed by atoms with Crippen molar-refractivity contribution in [3.8, 4) is 0 Å². The molecule has 0 atom stereocenters. The second kappa shape index (κ2) is 5.02. The van der Waals surface area contributed by atoms with Crippen LogP contribution in [0.5, 0.6) is 0 Å². The van der Waals surface area contributed by atoms with Gasteiger partial charge in [0.25, 0.3) is 0 Å². The van der Waals surface area contributed by atoms with E-state index in [4.69, 9.17) is 4.74 Å². The van der Waals surface area contributed by atoms with E-state index in [0.29, 0.717) is 5.92 Å². The number of aromatic nitrogens is 2. The summed E-state index contributed by atoms with van der Waals surface area (Å²) in [6.07, 6.45) is 4.90. The molecule has 0 saturated heterocycles. The Labute approximate surface area is 79.7 Å². The van der Waals surface area contributed by atoms with Crippen LogP contribution in [0.3, 0.4) is 0 Å². The Kier molecular flexibility index (Phi) is 3.96. The molecule has 74 valence electrons. The van der Waals surface area contributed by atoms with Gasteiger partial charge in [0.2, 0.25) is 0 Å². The van der Waals surface area contributed by atoms with E-state index in [1.54, 1.807) is 7.11 Å².